The average molecular weight is 422 g/mol. The first kappa shape index (κ1) is 22.5. The lowest BCUT2D eigenvalue weighted by Crippen LogP contribution is -2.45. The van der Waals surface area contributed by atoms with Gasteiger partial charge in [0.2, 0.25) is 15.9 Å². The molecule has 0 aliphatic carbocycles. The number of ether oxygens (including phenoxy) is 1. The van der Waals surface area contributed by atoms with Gasteiger partial charge in [-0.2, -0.15) is 4.31 Å². The minimum atomic E-state index is -4.90. The van der Waals surface area contributed by atoms with Crippen LogP contribution in [0, 0.1) is 11.8 Å². The standard InChI is InChI=1S/C18H25F3N2O4S/c1-12(2)13(3)22-17(24)14-7-9-23(10-8-14)28(25,26)16-6-4-5-15(11-16)27-18(19,20)21/h4-6,11-14H,7-10H2,1-3H3,(H,22,24). The fraction of sp³-hybridized carbons (Fsp3) is 0.611. The van der Waals surface area contributed by atoms with E-state index in [2.05, 4.69) is 10.1 Å². The first-order chi connectivity index (χ1) is 12.9. The maximum atomic E-state index is 12.7. The number of nitrogens with zero attached hydrogens (tertiary/aromatic N) is 1. The number of nitrogens with one attached hydrogen (secondary N) is 1. The number of hydrogen-bond donors (Lipinski definition) is 1. The van der Waals surface area contributed by atoms with Gasteiger partial charge in [-0.3, -0.25) is 4.79 Å². The smallest absolute Gasteiger partial charge is 0.406 e. The number of amides is 1. The van der Waals surface area contributed by atoms with Gasteiger partial charge >= 0.3 is 6.36 Å². The van der Waals surface area contributed by atoms with Gasteiger partial charge in [0.25, 0.3) is 0 Å². The molecule has 1 aromatic carbocycles. The monoisotopic (exact) mass is 422 g/mol. The molecule has 2 rings (SSSR count). The Bertz CT molecular complexity index is 788. The number of piperidine rings is 1. The topological polar surface area (TPSA) is 75.7 Å². The Morgan fingerprint density at radius 2 is 1.82 bits per heavy atom. The summed E-state index contributed by atoms with van der Waals surface area (Å²) < 4.78 is 67.5. The number of carbonyl (C=O) groups excluding carboxylic acids is 1. The maximum Gasteiger partial charge on any atom is 0.573 e. The van der Waals surface area contributed by atoms with Gasteiger partial charge in [0.15, 0.2) is 0 Å². The molecular weight excluding hydrogens is 397 g/mol. The van der Waals surface area contributed by atoms with Gasteiger partial charge < -0.3 is 10.1 Å². The quantitative estimate of drug-likeness (QED) is 0.764. The summed E-state index contributed by atoms with van der Waals surface area (Å²) in [6, 6.07) is 4.33. The van der Waals surface area contributed by atoms with Crippen LogP contribution in [-0.4, -0.2) is 44.1 Å². The van der Waals surface area contributed by atoms with Crippen molar-refractivity contribution in [1.29, 1.82) is 0 Å². The molecule has 1 atom stereocenters. The first-order valence-corrected chi connectivity index (χ1v) is 10.5. The highest BCUT2D eigenvalue weighted by atomic mass is 32.2. The molecule has 1 saturated heterocycles. The first-order valence-electron chi connectivity index (χ1n) is 9.06. The van der Waals surface area contributed by atoms with E-state index in [0.717, 1.165) is 12.1 Å². The van der Waals surface area contributed by atoms with Crippen molar-refractivity contribution < 1.29 is 31.1 Å². The highest BCUT2D eigenvalue weighted by Crippen LogP contribution is 2.28. The van der Waals surface area contributed by atoms with E-state index in [1.54, 1.807) is 0 Å². The molecule has 0 aromatic heterocycles. The molecule has 0 bridgehead atoms. The third kappa shape index (κ3) is 5.84. The van der Waals surface area contributed by atoms with Crippen LogP contribution in [0.1, 0.15) is 33.6 Å². The van der Waals surface area contributed by atoms with Crippen LogP contribution in [0.25, 0.3) is 0 Å². The molecule has 0 radical (unpaired) electrons. The second kappa shape index (κ2) is 8.69. The zero-order chi connectivity index (χ0) is 21.1. The van der Waals surface area contributed by atoms with Crippen LogP contribution in [0.3, 0.4) is 0 Å². The predicted octanol–water partition coefficient (Wildman–Crippen LogP) is 3.15. The van der Waals surface area contributed by atoms with Gasteiger partial charge in [-0.25, -0.2) is 8.42 Å². The molecule has 28 heavy (non-hydrogen) atoms. The van der Waals surface area contributed by atoms with Gasteiger partial charge in [-0.05, 0) is 37.8 Å². The van der Waals surface area contributed by atoms with Crippen LogP contribution in [-0.2, 0) is 14.8 Å². The lowest BCUT2D eigenvalue weighted by molar-refractivity contribution is -0.274. The van der Waals surface area contributed by atoms with Crippen molar-refractivity contribution in [3.63, 3.8) is 0 Å². The van der Waals surface area contributed by atoms with Gasteiger partial charge in [0.05, 0.1) is 4.90 Å². The summed E-state index contributed by atoms with van der Waals surface area (Å²) in [5, 5.41) is 2.93. The highest BCUT2D eigenvalue weighted by Gasteiger charge is 2.34. The summed E-state index contributed by atoms with van der Waals surface area (Å²) >= 11 is 0. The third-order valence-corrected chi connectivity index (χ3v) is 6.77. The molecule has 1 fully saturated rings. The minimum absolute atomic E-state index is 0.0191. The molecule has 0 saturated carbocycles. The van der Waals surface area contributed by atoms with E-state index < -0.39 is 22.1 Å². The molecule has 0 spiro atoms. The Morgan fingerprint density at radius 1 is 1.21 bits per heavy atom. The van der Waals surface area contributed by atoms with Crippen molar-refractivity contribution in [3.05, 3.63) is 24.3 Å². The van der Waals surface area contributed by atoms with Gasteiger partial charge in [-0.1, -0.05) is 19.9 Å². The number of alkyl halides is 3. The third-order valence-electron chi connectivity index (χ3n) is 4.87. The van der Waals surface area contributed by atoms with E-state index in [0.29, 0.717) is 12.8 Å². The lowest BCUT2D eigenvalue weighted by Gasteiger charge is -2.31. The van der Waals surface area contributed by atoms with E-state index in [4.69, 9.17) is 0 Å². The van der Waals surface area contributed by atoms with Crippen LogP contribution in [0.2, 0.25) is 0 Å². The van der Waals surface area contributed by atoms with E-state index in [1.165, 1.54) is 16.4 Å². The summed E-state index contributed by atoms with van der Waals surface area (Å²) in [7, 11) is -3.97. The zero-order valence-corrected chi connectivity index (χ0v) is 16.8. The largest absolute Gasteiger partial charge is 0.573 e. The van der Waals surface area contributed by atoms with E-state index in [-0.39, 0.29) is 41.8 Å². The van der Waals surface area contributed by atoms with E-state index >= 15 is 0 Å². The summed E-state index contributed by atoms with van der Waals surface area (Å²) in [5.41, 5.74) is 0. The molecule has 6 nitrogen and oxygen atoms in total. The molecule has 1 N–H and O–H groups in total. The Labute approximate surface area is 163 Å². The molecule has 1 unspecified atom stereocenters. The second-order valence-corrected chi connectivity index (χ2v) is 9.18. The SMILES string of the molecule is CC(C)C(C)NC(=O)C1CCN(S(=O)(=O)c2cccc(OC(F)(F)F)c2)CC1. The highest BCUT2D eigenvalue weighted by molar-refractivity contribution is 7.89. The molecule has 1 aliphatic heterocycles. The fourth-order valence-electron chi connectivity index (χ4n) is 2.85. The summed E-state index contributed by atoms with van der Waals surface area (Å²) in [5.74, 6) is -0.688. The number of hydrogen-bond acceptors (Lipinski definition) is 4. The molecule has 1 amide bonds. The number of benzene rings is 1. The lowest BCUT2D eigenvalue weighted by atomic mass is 9.96. The van der Waals surface area contributed by atoms with Gasteiger partial charge in [0, 0.05) is 31.1 Å². The molecule has 10 heteroatoms. The van der Waals surface area contributed by atoms with Gasteiger partial charge in [0.1, 0.15) is 5.75 Å². The minimum Gasteiger partial charge on any atom is -0.406 e. The molecule has 1 aliphatic rings. The summed E-state index contributed by atoms with van der Waals surface area (Å²) in [6.45, 7) is 6.16. The van der Waals surface area contributed by atoms with Crippen molar-refractivity contribution in [3.8, 4) is 5.75 Å². The van der Waals surface area contributed by atoms with E-state index in [9.17, 15) is 26.4 Å². The Balaban J connectivity index is 2.03. The van der Waals surface area contributed by atoms with Crippen LogP contribution in [0.5, 0.6) is 5.75 Å². The van der Waals surface area contributed by atoms with Crippen LogP contribution < -0.4 is 10.1 Å². The Morgan fingerprint density at radius 3 is 2.36 bits per heavy atom. The summed E-state index contributed by atoms with van der Waals surface area (Å²) in [6.07, 6.45) is -4.19. The maximum absolute atomic E-state index is 12.7. The van der Waals surface area contributed by atoms with Crippen LogP contribution >= 0.6 is 0 Å². The van der Waals surface area contributed by atoms with Crippen molar-refractivity contribution >= 4 is 15.9 Å². The van der Waals surface area contributed by atoms with Crippen LogP contribution in [0.4, 0.5) is 13.2 Å². The fourth-order valence-corrected chi connectivity index (χ4v) is 4.35. The van der Waals surface area contributed by atoms with Gasteiger partial charge in [-0.15, -0.1) is 13.2 Å². The predicted molar refractivity (Wildman–Crippen MR) is 97.1 cm³/mol. The molecular formula is C18H25F3N2O4S. The Kier molecular flexibility index (Phi) is 6.97. The zero-order valence-electron chi connectivity index (χ0n) is 16.0. The van der Waals surface area contributed by atoms with Crippen molar-refractivity contribution in [2.24, 2.45) is 11.8 Å². The molecule has 1 aromatic rings. The van der Waals surface area contributed by atoms with Crippen molar-refractivity contribution in [1.82, 2.24) is 9.62 Å². The number of rotatable bonds is 6. The number of halogens is 3. The number of carbonyl (C=O) groups is 1. The van der Waals surface area contributed by atoms with E-state index in [1.807, 2.05) is 20.8 Å². The molecule has 158 valence electrons. The van der Waals surface area contributed by atoms with Crippen molar-refractivity contribution in [2.45, 2.75) is 50.9 Å². The second-order valence-electron chi connectivity index (χ2n) is 7.24. The normalized spacial score (nSPS) is 18.1. The molecule has 1 heterocycles. The number of sulfonamides is 1. The Hall–Kier alpha value is -1.81. The summed E-state index contributed by atoms with van der Waals surface area (Å²) in [4.78, 5) is 12.0. The average Bonchev–Trinajstić information content (AvgIpc) is 2.60. The van der Waals surface area contributed by atoms with Crippen LogP contribution in [0.15, 0.2) is 29.2 Å². The van der Waals surface area contributed by atoms with Crippen molar-refractivity contribution in [2.75, 3.05) is 13.1 Å².